The highest BCUT2D eigenvalue weighted by atomic mass is 28.4. The molecule has 0 heterocycles. The Bertz CT molecular complexity index is 327. The number of hydrogen-bond acceptors (Lipinski definition) is 3. The second kappa shape index (κ2) is 7.08. The minimum atomic E-state index is -2.68. The first-order chi connectivity index (χ1) is 8.20. The molecule has 3 nitrogen and oxygen atoms in total. The highest BCUT2D eigenvalue weighted by molar-refractivity contribution is 6.78. The quantitative estimate of drug-likeness (QED) is 0.649. The van der Waals surface area contributed by atoms with Crippen LogP contribution in [-0.4, -0.2) is 38.9 Å². The van der Waals surface area contributed by atoms with Gasteiger partial charge in [0.1, 0.15) is 0 Å². The van der Waals surface area contributed by atoms with Crippen molar-refractivity contribution in [1.82, 2.24) is 0 Å². The third-order valence-corrected chi connectivity index (χ3v) is 7.08. The molecule has 17 heavy (non-hydrogen) atoms. The Morgan fingerprint density at radius 2 is 1.41 bits per heavy atom. The predicted molar refractivity (Wildman–Crippen MR) is 76.3 cm³/mol. The van der Waals surface area contributed by atoms with Crippen molar-refractivity contribution in [1.29, 1.82) is 0 Å². The first-order valence-electron chi connectivity index (χ1n) is 6.18. The summed E-state index contributed by atoms with van der Waals surface area (Å²) in [4.78, 5) is 0. The molecule has 0 aliphatic heterocycles. The molecular formula is C12H22O3Si2. The van der Waals surface area contributed by atoms with Gasteiger partial charge in [0.25, 0.3) is 0 Å². The van der Waals surface area contributed by atoms with E-state index in [-0.39, 0.29) is 0 Å². The van der Waals surface area contributed by atoms with Crippen molar-refractivity contribution in [2.75, 3.05) is 19.8 Å². The van der Waals surface area contributed by atoms with Crippen molar-refractivity contribution in [3.8, 4) is 0 Å². The Kier molecular flexibility index (Phi) is 6.07. The SMILES string of the molecule is CCO[Si](OCC)(OCC)c1ccccc1[SiH3]. The lowest BCUT2D eigenvalue weighted by Gasteiger charge is -2.29. The summed E-state index contributed by atoms with van der Waals surface area (Å²) in [5.41, 5.74) is 0. The van der Waals surface area contributed by atoms with Gasteiger partial charge >= 0.3 is 8.80 Å². The molecule has 0 spiro atoms. The van der Waals surface area contributed by atoms with Gasteiger partial charge in [0.2, 0.25) is 0 Å². The second-order valence-corrected chi connectivity index (χ2v) is 7.26. The fraction of sp³-hybridized carbons (Fsp3) is 0.500. The van der Waals surface area contributed by atoms with E-state index in [0.717, 1.165) is 15.4 Å². The maximum atomic E-state index is 5.89. The Balaban J connectivity index is 3.14. The van der Waals surface area contributed by atoms with Crippen LogP contribution in [0.1, 0.15) is 20.8 Å². The Morgan fingerprint density at radius 1 is 0.941 bits per heavy atom. The summed E-state index contributed by atoms with van der Waals surface area (Å²) >= 11 is 0. The highest BCUT2D eigenvalue weighted by Crippen LogP contribution is 2.09. The molecule has 0 amide bonds. The summed E-state index contributed by atoms with van der Waals surface area (Å²) in [6.07, 6.45) is 0. The van der Waals surface area contributed by atoms with E-state index in [4.69, 9.17) is 13.3 Å². The maximum absolute atomic E-state index is 5.89. The maximum Gasteiger partial charge on any atom is 0.537 e. The fourth-order valence-electron chi connectivity index (χ4n) is 1.84. The summed E-state index contributed by atoms with van der Waals surface area (Å²) in [5.74, 6) is 0. The van der Waals surface area contributed by atoms with Gasteiger partial charge in [-0.15, -0.1) is 0 Å². The van der Waals surface area contributed by atoms with E-state index in [2.05, 4.69) is 18.2 Å². The van der Waals surface area contributed by atoms with Gasteiger partial charge in [0.05, 0.1) is 0 Å². The van der Waals surface area contributed by atoms with Gasteiger partial charge < -0.3 is 13.3 Å². The summed E-state index contributed by atoms with van der Waals surface area (Å²) < 4.78 is 17.7. The molecule has 0 saturated carbocycles. The number of benzene rings is 1. The minimum absolute atomic E-state index is 0.613. The fourth-order valence-corrected chi connectivity index (χ4v) is 5.85. The first-order valence-corrected chi connectivity index (χ1v) is 8.90. The highest BCUT2D eigenvalue weighted by Gasteiger charge is 2.43. The van der Waals surface area contributed by atoms with E-state index in [1.165, 1.54) is 5.19 Å². The van der Waals surface area contributed by atoms with Crippen LogP contribution in [-0.2, 0) is 13.3 Å². The topological polar surface area (TPSA) is 27.7 Å². The lowest BCUT2D eigenvalue weighted by molar-refractivity contribution is 0.0861. The van der Waals surface area contributed by atoms with Crippen LogP contribution in [0.4, 0.5) is 0 Å². The summed E-state index contributed by atoms with van der Waals surface area (Å²) in [6, 6.07) is 8.28. The molecule has 0 aliphatic rings. The molecule has 0 aliphatic carbocycles. The second-order valence-electron chi connectivity index (χ2n) is 3.67. The van der Waals surface area contributed by atoms with Gasteiger partial charge in [-0.05, 0) is 20.8 Å². The molecule has 1 aromatic carbocycles. The van der Waals surface area contributed by atoms with Crippen molar-refractivity contribution in [3.05, 3.63) is 24.3 Å². The molecule has 0 fully saturated rings. The van der Waals surface area contributed by atoms with Crippen molar-refractivity contribution < 1.29 is 13.3 Å². The van der Waals surface area contributed by atoms with E-state index in [0.29, 0.717) is 19.8 Å². The van der Waals surface area contributed by atoms with E-state index >= 15 is 0 Å². The molecule has 0 bridgehead atoms. The lowest BCUT2D eigenvalue weighted by atomic mass is 10.4. The summed E-state index contributed by atoms with van der Waals surface area (Å²) in [5, 5.41) is 2.44. The van der Waals surface area contributed by atoms with E-state index in [1.807, 2.05) is 26.8 Å². The molecule has 0 radical (unpaired) electrons. The van der Waals surface area contributed by atoms with E-state index in [9.17, 15) is 0 Å². The summed E-state index contributed by atoms with van der Waals surface area (Å²) in [6.45, 7) is 7.78. The molecule has 0 N–H and O–H groups in total. The number of rotatable bonds is 7. The van der Waals surface area contributed by atoms with Crippen molar-refractivity contribution >= 4 is 29.4 Å². The Labute approximate surface area is 108 Å². The standard InChI is InChI=1S/C12H22O3Si2/c1-4-13-17(14-5-2,15-6-3)12-10-8-7-9-11(12)16/h7-10H,4-6H2,1-3,16H3. The zero-order valence-electron chi connectivity index (χ0n) is 11.2. The van der Waals surface area contributed by atoms with Crippen molar-refractivity contribution in [2.24, 2.45) is 0 Å². The normalized spacial score (nSPS) is 11.9. The number of hydrogen-bond donors (Lipinski definition) is 0. The lowest BCUT2D eigenvalue weighted by Crippen LogP contribution is -2.61. The van der Waals surface area contributed by atoms with Crippen LogP contribution < -0.4 is 10.4 Å². The van der Waals surface area contributed by atoms with Gasteiger partial charge in [-0.1, -0.05) is 29.5 Å². The molecule has 1 aromatic rings. The monoisotopic (exact) mass is 270 g/mol. The zero-order chi connectivity index (χ0) is 12.7. The van der Waals surface area contributed by atoms with Gasteiger partial charge in [-0.2, -0.15) is 0 Å². The van der Waals surface area contributed by atoms with Gasteiger partial charge in [0, 0.05) is 35.2 Å². The first kappa shape index (κ1) is 14.6. The van der Waals surface area contributed by atoms with Crippen LogP contribution in [0.15, 0.2) is 24.3 Å². The van der Waals surface area contributed by atoms with Crippen LogP contribution in [0.25, 0.3) is 0 Å². The Morgan fingerprint density at radius 3 is 1.82 bits per heavy atom. The van der Waals surface area contributed by atoms with E-state index < -0.39 is 8.80 Å². The van der Waals surface area contributed by atoms with E-state index in [1.54, 1.807) is 0 Å². The molecule has 96 valence electrons. The van der Waals surface area contributed by atoms with Crippen LogP contribution in [0.2, 0.25) is 0 Å². The third-order valence-electron chi connectivity index (χ3n) is 2.48. The predicted octanol–water partition coefficient (Wildman–Crippen LogP) is -0.0673. The van der Waals surface area contributed by atoms with Crippen molar-refractivity contribution in [3.63, 3.8) is 0 Å². The molecule has 1 rings (SSSR count). The van der Waals surface area contributed by atoms with Gasteiger partial charge in [-0.25, -0.2) is 0 Å². The largest absolute Gasteiger partial charge is 0.537 e. The van der Waals surface area contributed by atoms with Crippen LogP contribution >= 0.6 is 0 Å². The average Bonchev–Trinajstić information content (AvgIpc) is 2.30. The smallest absolute Gasteiger partial charge is 0.370 e. The Hall–Kier alpha value is -0.466. The van der Waals surface area contributed by atoms with Crippen LogP contribution in [0.5, 0.6) is 0 Å². The molecule has 0 unspecified atom stereocenters. The molecule has 0 saturated heterocycles. The zero-order valence-corrected chi connectivity index (χ0v) is 14.2. The van der Waals surface area contributed by atoms with Crippen LogP contribution in [0, 0.1) is 0 Å². The van der Waals surface area contributed by atoms with Gasteiger partial charge in [0.15, 0.2) is 0 Å². The third kappa shape index (κ3) is 3.49. The average molecular weight is 270 g/mol. The van der Waals surface area contributed by atoms with Crippen molar-refractivity contribution in [2.45, 2.75) is 20.8 Å². The minimum Gasteiger partial charge on any atom is -0.370 e. The van der Waals surface area contributed by atoms with Gasteiger partial charge in [-0.3, -0.25) is 0 Å². The molecule has 0 atom stereocenters. The molecule has 0 aromatic heterocycles. The molecular weight excluding hydrogens is 248 g/mol. The molecule has 5 heteroatoms. The summed E-state index contributed by atoms with van der Waals surface area (Å²) in [7, 11) is -1.71. The van der Waals surface area contributed by atoms with Crippen LogP contribution in [0.3, 0.4) is 0 Å².